The van der Waals surface area contributed by atoms with Gasteiger partial charge in [0.05, 0.1) is 18.6 Å². The molecule has 1 rings (SSSR count). The van der Waals surface area contributed by atoms with Crippen LogP contribution in [0.15, 0.2) is 11.8 Å². The molecule has 66 valence electrons. The molecule has 0 saturated carbocycles. The predicted octanol–water partition coefficient (Wildman–Crippen LogP) is -0.604. The topological polar surface area (TPSA) is 58.2 Å². The highest BCUT2D eigenvalue weighted by molar-refractivity contribution is 6.28. The van der Waals surface area contributed by atoms with E-state index in [1.54, 1.807) is 6.08 Å². The number of ketones is 1. The number of aldehydes is 1. The van der Waals surface area contributed by atoms with Gasteiger partial charge in [-0.15, -0.1) is 11.6 Å². The molecule has 0 spiro atoms. The van der Waals surface area contributed by atoms with Gasteiger partial charge in [0, 0.05) is 5.70 Å². The van der Waals surface area contributed by atoms with Gasteiger partial charge in [0.15, 0.2) is 6.29 Å². The maximum atomic E-state index is 10.9. The van der Waals surface area contributed by atoms with Gasteiger partial charge in [0.2, 0.25) is 5.78 Å². The fourth-order valence-electron chi connectivity index (χ4n) is 0.941. The second-order valence-corrected chi connectivity index (χ2v) is 2.65. The van der Waals surface area contributed by atoms with Gasteiger partial charge in [-0.25, -0.2) is 0 Å². The average Bonchev–Trinajstić information content (AvgIpc) is 2.17. The molecule has 0 fully saturated rings. The van der Waals surface area contributed by atoms with E-state index in [1.807, 2.05) is 0 Å². The smallest absolute Gasteiger partial charge is 0.216 e. The molecule has 0 amide bonds. The van der Waals surface area contributed by atoms with Crippen molar-refractivity contribution in [3.8, 4) is 0 Å². The van der Waals surface area contributed by atoms with Crippen molar-refractivity contribution in [1.29, 1.82) is 0 Å². The molecule has 0 bridgehead atoms. The Labute approximate surface area is 75.0 Å². The first-order valence-corrected chi connectivity index (χ1v) is 4.04. The molecule has 0 saturated heterocycles. The van der Waals surface area contributed by atoms with Crippen molar-refractivity contribution in [1.82, 2.24) is 10.6 Å². The van der Waals surface area contributed by atoms with Gasteiger partial charge in [0.1, 0.15) is 0 Å². The molecule has 1 unspecified atom stereocenters. The lowest BCUT2D eigenvalue weighted by molar-refractivity contribution is -0.130. The highest BCUT2D eigenvalue weighted by Crippen LogP contribution is 2.00. The summed E-state index contributed by atoms with van der Waals surface area (Å²) in [6, 6.07) is -0.516. The van der Waals surface area contributed by atoms with Crippen molar-refractivity contribution in [2.24, 2.45) is 0 Å². The monoisotopic (exact) mass is 188 g/mol. The third kappa shape index (κ3) is 2.06. The molecule has 0 aliphatic carbocycles. The Kier molecular flexibility index (Phi) is 3.25. The number of alkyl halides is 1. The maximum absolute atomic E-state index is 10.9. The number of nitrogens with one attached hydrogen (secondary N) is 2. The van der Waals surface area contributed by atoms with Gasteiger partial charge in [0.25, 0.3) is 0 Å². The highest BCUT2D eigenvalue weighted by Gasteiger charge is 2.17. The number of hydrogen-bond donors (Lipinski definition) is 2. The SMILES string of the molecule is O=CC(=O)C1C=C(CCl)NCN1. The zero-order valence-electron chi connectivity index (χ0n) is 6.34. The van der Waals surface area contributed by atoms with E-state index in [0.717, 1.165) is 5.70 Å². The van der Waals surface area contributed by atoms with Crippen molar-refractivity contribution >= 4 is 23.7 Å². The molecule has 5 heteroatoms. The first-order chi connectivity index (χ1) is 5.77. The average molecular weight is 189 g/mol. The normalized spacial score (nSPS) is 22.4. The van der Waals surface area contributed by atoms with Crippen LogP contribution >= 0.6 is 11.6 Å². The summed E-state index contributed by atoms with van der Waals surface area (Å²) in [6.45, 7) is 0.461. The summed E-state index contributed by atoms with van der Waals surface area (Å²) in [4.78, 5) is 21.0. The van der Waals surface area contributed by atoms with Crippen LogP contribution in [0.5, 0.6) is 0 Å². The molecule has 0 aromatic heterocycles. The highest BCUT2D eigenvalue weighted by atomic mass is 35.5. The third-order valence-electron chi connectivity index (χ3n) is 1.57. The van der Waals surface area contributed by atoms with E-state index in [-0.39, 0.29) is 0 Å². The fourth-order valence-corrected chi connectivity index (χ4v) is 1.12. The molecule has 0 aromatic rings. The summed E-state index contributed by atoms with van der Waals surface area (Å²) in [5, 5.41) is 5.73. The molecule has 1 aliphatic heterocycles. The van der Waals surface area contributed by atoms with Crippen molar-refractivity contribution < 1.29 is 9.59 Å². The summed E-state index contributed by atoms with van der Waals surface area (Å²) in [6.07, 6.45) is 1.93. The van der Waals surface area contributed by atoms with Crippen molar-refractivity contribution in [3.63, 3.8) is 0 Å². The zero-order chi connectivity index (χ0) is 8.97. The molecular weight excluding hydrogens is 180 g/mol. The Morgan fingerprint density at radius 3 is 3.17 bits per heavy atom. The fraction of sp³-hybridized carbons (Fsp3) is 0.429. The molecule has 0 aromatic carbocycles. The van der Waals surface area contributed by atoms with Gasteiger partial charge < -0.3 is 5.32 Å². The van der Waals surface area contributed by atoms with Crippen LogP contribution in [-0.2, 0) is 9.59 Å². The Morgan fingerprint density at radius 2 is 2.58 bits per heavy atom. The van der Waals surface area contributed by atoms with E-state index in [0.29, 0.717) is 18.8 Å². The molecule has 1 heterocycles. The van der Waals surface area contributed by atoms with Crippen molar-refractivity contribution in [3.05, 3.63) is 11.8 Å². The number of hydrogen-bond acceptors (Lipinski definition) is 4. The van der Waals surface area contributed by atoms with E-state index in [1.165, 1.54) is 0 Å². The number of Topliss-reactive ketones (excluding diaryl/α,β-unsaturated/α-hetero) is 1. The second kappa shape index (κ2) is 4.23. The quantitative estimate of drug-likeness (QED) is 0.353. The first kappa shape index (κ1) is 9.22. The number of carbonyl (C=O) groups excluding carboxylic acids is 2. The van der Waals surface area contributed by atoms with Crippen LogP contribution < -0.4 is 10.6 Å². The maximum Gasteiger partial charge on any atom is 0.216 e. The lowest BCUT2D eigenvalue weighted by atomic mass is 10.1. The van der Waals surface area contributed by atoms with Gasteiger partial charge in [-0.05, 0) is 6.08 Å². The van der Waals surface area contributed by atoms with Crippen molar-refractivity contribution in [2.45, 2.75) is 6.04 Å². The van der Waals surface area contributed by atoms with E-state index in [4.69, 9.17) is 11.6 Å². The van der Waals surface area contributed by atoms with Crippen LogP contribution in [0.1, 0.15) is 0 Å². The van der Waals surface area contributed by atoms with Crippen LogP contribution in [-0.4, -0.2) is 30.7 Å². The van der Waals surface area contributed by atoms with Crippen LogP contribution in [0.25, 0.3) is 0 Å². The van der Waals surface area contributed by atoms with E-state index < -0.39 is 11.8 Å². The minimum Gasteiger partial charge on any atom is -0.375 e. The largest absolute Gasteiger partial charge is 0.375 e. The molecule has 1 atom stereocenters. The van der Waals surface area contributed by atoms with Crippen LogP contribution in [0.4, 0.5) is 0 Å². The van der Waals surface area contributed by atoms with Gasteiger partial charge in [-0.1, -0.05) is 0 Å². The molecular formula is C7H9ClN2O2. The number of rotatable bonds is 3. The van der Waals surface area contributed by atoms with Crippen LogP contribution in [0.3, 0.4) is 0 Å². The third-order valence-corrected chi connectivity index (χ3v) is 1.86. The zero-order valence-corrected chi connectivity index (χ0v) is 7.10. The molecule has 0 radical (unpaired) electrons. The summed E-state index contributed by atoms with van der Waals surface area (Å²) >= 11 is 5.54. The summed E-state index contributed by atoms with van der Waals surface area (Å²) in [7, 11) is 0. The summed E-state index contributed by atoms with van der Waals surface area (Å²) in [5.41, 5.74) is 0.774. The lowest BCUT2D eigenvalue weighted by Crippen LogP contribution is -2.46. The Balaban J connectivity index is 2.66. The summed E-state index contributed by atoms with van der Waals surface area (Å²) < 4.78 is 0. The first-order valence-electron chi connectivity index (χ1n) is 3.51. The van der Waals surface area contributed by atoms with E-state index in [2.05, 4.69) is 10.6 Å². The Bertz CT molecular complexity index is 227. The van der Waals surface area contributed by atoms with Gasteiger partial charge in [-0.3, -0.25) is 14.9 Å². The number of allylic oxidation sites excluding steroid dienone is 1. The number of halogens is 1. The van der Waals surface area contributed by atoms with E-state index in [9.17, 15) is 9.59 Å². The lowest BCUT2D eigenvalue weighted by Gasteiger charge is -2.20. The second-order valence-electron chi connectivity index (χ2n) is 2.38. The minimum atomic E-state index is -0.516. The van der Waals surface area contributed by atoms with Gasteiger partial charge in [-0.2, -0.15) is 0 Å². The standard InChI is InChI=1S/C7H9ClN2O2/c8-2-5-1-6(7(12)3-11)10-4-9-5/h1,3,6,9-10H,2,4H2. The minimum absolute atomic E-state index is 0.311. The van der Waals surface area contributed by atoms with E-state index >= 15 is 0 Å². The summed E-state index contributed by atoms with van der Waals surface area (Å²) in [5.74, 6) is -0.149. The van der Waals surface area contributed by atoms with Crippen LogP contribution in [0.2, 0.25) is 0 Å². The van der Waals surface area contributed by atoms with Crippen LogP contribution in [0, 0.1) is 0 Å². The molecule has 2 N–H and O–H groups in total. The molecule has 12 heavy (non-hydrogen) atoms. The number of carbonyl (C=O) groups is 2. The molecule has 1 aliphatic rings. The molecule has 4 nitrogen and oxygen atoms in total. The Morgan fingerprint density at radius 1 is 1.83 bits per heavy atom. The Hall–Kier alpha value is -0.870. The van der Waals surface area contributed by atoms with Gasteiger partial charge >= 0.3 is 0 Å². The predicted molar refractivity (Wildman–Crippen MR) is 44.8 cm³/mol. The van der Waals surface area contributed by atoms with Crippen molar-refractivity contribution in [2.75, 3.05) is 12.5 Å².